The van der Waals surface area contributed by atoms with Gasteiger partial charge in [-0.15, -0.1) is 0 Å². The van der Waals surface area contributed by atoms with Gasteiger partial charge in [-0.25, -0.2) is 0 Å². The lowest BCUT2D eigenvalue weighted by Gasteiger charge is -2.35. The maximum Gasteiger partial charge on any atom is 0.234 e. The molecule has 1 aromatic heterocycles. The molecule has 0 unspecified atom stereocenters. The van der Waals surface area contributed by atoms with Crippen LogP contribution in [0.3, 0.4) is 0 Å². The van der Waals surface area contributed by atoms with Crippen LogP contribution in [-0.2, 0) is 16.1 Å². The van der Waals surface area contributed by atoms with E-state index in [1.807, 2.05) is 12.1 Å². The van der Waals surface area contributed by atoms with Gasteiger partial charge in [-0.05, 0) is 30.9 Å². The number of amides is 1. The van der Waals surface area contributed by atoms with Gasteiger partial charge in [0, 0.05) is 39.3 Å². The van der Waals surface area contributed by atoms with Gasteiger partial charge in [-0.3, -0.25) is 14.6 Å². The number of furan rings is 1. The Bertz CT molecular complexity index is 491. The summed E-state index contributed by atoms with van der Waals surface area (Å²) >= 11 is 0. The molecule has 0 aliphatic carbocycles. The minimum absolute atomic E-state index is 0.0751. The summed E-state index contributed by atoms with van der Waals surface area (Å²) in [6.45, 7) is 5.86. The summed E-state index contributed by atoms with van der Waals surface area (Å²) in [7, 11) is 1.76. The highest BCUT2D eigenvalue weighted by Crippen LogP contribution is 2.27. The van der Waals surface area contributed by atoms with E-state index in [4.69, 9.17) is 9.15 Å². The Morgan fingerprint density at radius 1 is 1.39 bits per heavy atom. The molecule has 0 radical (unpaired) electrons. The first-order chi connectivity index (χ1) is 11.2. The van der Waals surface area contributed by atoms with Crippen molar-refractivity contribution >= 4 is 5.91 Å². The number of nitrogens with one attached hydrogen (secondary N) is 1. The molecule has 23 heavy (non-hydrogen) atoms. The molecule has 128 valence electrons. The SMILES string of the molecule is COCCN1C[C@H]2CC[C@@H]1CN(CC(=O)NCc1ccco1)C2. The van der Waals surface area contributed by atoms with Crippen LogP contribution in [-0.4, -0.2) is 68.2 Å². The van der Waals surface area contributed by atoms with Crippen molar-refractivity contribution in [3.05, 3.63) is 24.2 Å². The molecule has 2 atom stereocenters. The number of hydrogen-bond donors (Lipinski definition) is 1. The lowest BCUT2D eigenvalue weighted by atomic mass is 9.95. The second-order valence-corrected chi connectivity index (χ2v) is 6.64. The molecule has 4 rings (SSSR count). The van der Waals surface area contributed by atoms with E-state index in [1.165, 1.54) is 12.8 Å². The Labute approximate surface area is 137 Å². The molecule has 3 fully saturated rings. The van der Waals surface area contributed by atoms with Crippen LogP contribution < -0.4 is 5.32 Å². The standard InChI is InChI=1S/C17H27N3O3/c1-22-8-6-20-11-14-4-5-15(20)12-19(10-14)13-17(21)18-9-16-3-2-7-23-16/h2-3,7,14-15H,4-6,8-13H2,1H3,(H,18,21)/t14-,15+/m0/s1. The van der Waals surface area contributed by atoms with Crippen LogP contribution in [0.25, 0.3) is 0 Å². The Morgan fingerprint density at radius 3 is 3.09 bits per heavy atom. The fourth-order valence-corrected chi connectivity index (χ4v) is 3.75. The van der Waals surface area contributed by atoms with E-state index in [2.05, 4.69) is 15.1 Å². The lowest BCUT2D eigenvalue weighted by molar-refractivity contribution is -0.122. The molecule has 1 amide bonds. The van der Waals surface area contributed by atoms with Crippen molar-refractivity contribution in [3.8, 4) is 0 Å². The van der Waals surface area contributed by atoms with Crippen LogP contribution >= 0.6 is 0 Å². The minimum atomic E-state index is 0.0751. The summed E-state index contributed by atoms with van der Waals surface area (Å²) in [6, 6.07) is 4.27. The zero-order chi connectivity index (χ0) is 16.1. The minimum Gasteiger partial charge on any atom is -0.467 e. The van der Waals surface area contributed by atoms with Crippen molar-refractivity contribution in [2.24, 2.45) is 5.92 Å². The third-order valence-corrected chi connectivity index (χ3v) is 4.89. The lowest BCUT2D eigenvalue weighted by Crippen LogP contribution is -2.46. The van der Waals surface area contributed by atoms with Gasteiger partial charge in [-0.2, -0.15) is 0 Å². The normalized spacial score (nSPS) is 25.4. The smallest absolute Gasteiger partial charge is 0.234 e. The number of ether oxygens (including phenoxy) is 1. The number of methoxy groups -OCH3 is 1. The topological polar surface area (TPSA) is 58.0 Å². The molecule has 3 aliphatic heterocycles. The average molecular weight is 321 g/mol. The predicted molar refractivity (Wildman–Crippen MR) is 87.0 cm³/mol. The molecule has 1 aromatic rings. The maximum atomic E-state index is 12.2. The van der Waals surface area contributed by atoms with Gasteiger partial charge < -0.3 is 14.5 Å². The highest BCUT2D eigenvalue weighted by atomic mass is 16.5. The van der Waals surface area contributed by atoms with Crippen LogP contribution in [0.15, 0.2) is 22.8 Å². The van der Waals surface area contributed by atoms with Gasteiger partial charge in [0.1, 0.15) is 5.76 Å². The van der Waals surface area contributed by atoms with Gasteiger partial charge in [0.25, 0.3) is 0 Å². The van der Waals surface area contributed by atoms with Crippen LogP contribution in [0.1, 0.15) is 18.6 Å². The van der Waals surface area contributed by atoms with E-state index in [1.54, 1.807) is 13.4 Å². The summed E-state index contributed by atoms with van der Waals surface area (Å²) in [6.07, 6.45) is 4.14. The first kappa shape index (κ1) is 16.5. The number of rotatable bonds is 7. The zero-order valence-electron chi connectivity index (χ0n) is 13.9. The highest BCUT2D eigenvalue weighted by molar-refractivity contribution is 5.77. The van der Waals surface area contributed by atoms with Gasteiger partial charge >= 0.3 is 0 Å². The number of carbonyl (C=O) groups is 1. The van der Waals surface area contributed by atoms with Crippen LogP contribution in [0.5, 0.6) is 0 Å². The van der Waals surface area contributed by atoms with Crippen molar-refractivity contribution in [3.63, 3.8) is 0 Å². The molecule has 3 saturated heterocycles. The molecular weight excluding hydrogens is 294 g/mol. The molecule has 0 aromatic carbocycles. The summed E-state index contributed by atoms with van der Waals surface area (Å²) in [5.41, 5.74) is 0. The van der Waals surface area contributed by atoms with Crippen molar-refractivity contribution in [2.45, 2.75) is 25.4 Å². The van der Waals surface area contributed by atoms with E-state index in [-0.39, 0.29) is 5.91 Å². The maximum absolute atomic E-state index is 12.2. The molecular formula is C17H27N3O3. The second-order valence-electron chi connectivity index (χ2n) is 6.64. The fraction of sp³-hybridized carbons (Fsp3) is 0.706. The molecule has 1 N–H and O–H groups in total. The third kappa shape index (κ3) is 4.56. The van der Waals surface area contributed by atoms with E-state index < -0.39 is 0 Å². The first-order valence-corrected chi connectivity index (χ1v) is 8.49. The van der Waals surface area contributed by atoms with Crippen LogP contribution in [0.2, 0.25) is 0 Å². The Kier molecular flexibility index (Phi) is 5.70. The first-order valence-electron chi connectivity index (χ1n) is 8.49. The van der Waals surface area contributed by atoms with Gasteiger partial charge in [0.2, 0.25) is 5.91 Å². The molecule has 4 heterocycles. The van der Waals surface area contributed by atoms with Gasteiger partial charge in [0.05, 0.1) is 26.0 Å². The summed E-state index contributed by atoms with van der Waals surface area (Å²) in [5.74, 6) is 1.54. The number of piperidine rings is 1. The van der Waals surface area contributed by atoms with Gasteiger partial charge in [-0.1, -0.05) is 0 Å². The highest BCUT2D eigenvalue weighted by Gasteiger charge is 2.34. The van der Waals surface area contributed by atoms with E-state index in [0.29, 0.717) is 25.0 Å². The van der Waals surface area contributed by atoms with Crippen molar-refractivity contribution in [1.29, 1.82) is 0 Å². The Morgan fingerprint density at radius 2 is 2.30 bits per heavy atom. The molecule has 6 nitrogen and oxygen atoms in total. The largest absolute Gasteiger partial charge is 0.467 e. The summed E-state index contributed by atoms with van der Waals surface area (Å²) < 4.78 is 10.5. The average Bonchev–Trinajstić information content (AvgIpc) is 2.93. The van der Waals surface area contributed by atoms with Gasteiger partial charge in [0.15, 0.2) is 0 Å². The number of nitrogens with zero attached hydrogens (tertiary/aromatic N) is 2. The molecule has 0 saturated carbocycles. The Hall–Kier alpha value is -1.37. The van der Waals surface area contributed by atoms with Crippen molar-refractivity contribution < 1.29 is 13.9 Å². The second kappa shape index (κ2) is 7.95. The molecule has 6 heteroatoms. The third-order valence-electron chi connectivity index (χ3n) is 4.89. The quantitative estimate of drug-likeness (QED) is 0.810. The molecule has 0 spiro atoms. The van der Waals surface area contributed by atoms with E-state index >= 15 is 0 Å². The monoisotopic (exact) mass is 321 g/mol. The number of carbonyl (C=O) groups excluding carboxylic acids is 1. The number of fused-ring (bicyclic) bond motifs is 4. The van der Waals surface area contributed by atoms with E-state index in [0.717, 1.165) is 38.5 Å². The predicted octanol–water partition coefficient (Wildman–Crippen LogP) is 0.938. The van der Waals surface area contributed by atoms with E-state index in [9.17, 15) is 4.79 Å². The fourth-order valence-electron chi connectivity index (χ4n) is 3.75. The van der Waals surface area contributed by atoms with Crippen molar-refractivity contribution in [2.75, 3.05) is 46.4 Å². The van der Waals surface area contributed by atoms with Crippen molar-refractivity contribution in [1.82, 2.24) is 15.1 Å². The Balaban J connectivity index is 1.48. The van der Waals surface area contributed by atoms with Crippen LogP contribution in [0.4, 0.5) is 0 Å². The number of hydrogen-bond acceptors (Lipinski definition) is 5. The zero-order valence-corrected chi connectivity index (χ0v) is 13.9. The molecule has 2 bridgehead atoms. The summed E-state index contributed by atoms with van der Waals surface area (Å²) in [5, 5.41) is 2.94. The summed E-state index contributed by atoms with van der Waals surface area (Å²) in [4.78, 5) is 17.0. The van der Waals surface area contributed by atoms with Crippen LogP contribution in [0, 0.1) is 5.92 Å². The molecule has 3 aliphatic rings.